The zero-order valence-electron chi connectivity index (χ0n) is 8.83. The normalized spacial score (nSPS) is 31.6. The molecule has 1 aliphatic rings. The topological polar surface area (TPSA) is 9.23 Å². The van der Waals surface area contributed by atoms with Gasteiger partial charge < -0.3 is 4.74 Å². The van der Waals surface area contributed by atoms with E-state index in [0.29, 0.717) is 12.0 Å². The van der Waals surface area contributed by atoms with Crippen LogP contribution in [-0.2, 0) is 4.74 Å². The lowest BCUT2D eigenvalue weighted by molar-refractivity contribution is 0.00292. The van der Waals surface area contributed by atoms with E-state index in [1.165, 1.54) is 25.7 Å². The highest BCUT2D eigenvalue weighted by Gasteiger charge is 2.19. The van der Waals surface area contributed by atoms with Crippen LogP contribution in [-0.4, -0.2) is 18.5 Å². The van der Waals surface area contributed by atoms with E-state index in [4.69, 9.17) is 4.74 Å². The standard InChI is InChI=1S/C11H22OS/c1-9-4-3-5-11(6-9)12-7-10(2)8-13/h9-11,13H,3-8H2,1-2H3. The summed E-state index contributed by atoms with van der Waals surface area (Å²) < 4.78 is 5.86. The average molecular weight is 202 g/mol. The maximum Gasteiger partial charge on any atom is 0.0577 e. The first-order valence-corrected chi connectivity index (χ1v) is 6.08. The Bertz CT molecular complexity index is 138. The van der Waals surface area contributed by atoms with Gasteiger partial charge in [-0.05, 0) is 30.4 Å². The van der Waals surface area contributed by atoms with Gasteiger partial charge in [0.05, 0.1) is 12.7 Å². The minimum atomic E-state index is 0.533. The summed E-state index contributed by atoms with van der Waals surface area (Å²) >= 11 is 4.25. The molecule has 2 heteroatoms. The SMILES string of the molecule is CC(CS)COC1CCCC(C)C1. The second kappa shape index (κ2) is 5.92. The summed E-state index contributed by atoms with van der Waals surface area (Å²) in [6.45, 7) is 5.41. The van der Waals surface area contributed by atoms with Crippen LogP contribution in [0.4, 0.5) is 0 Å². The first-order valence-electron chi connectivity index (χ1n) is 5.44. The van der Waals surface area contributed by atoms with E-state index < -0.39 is 0 Å². The lowest BCUT2D eigenvalue weighted by atomic mass is 9.89. The smallest absolute Gasteiger partial charge is 0.0577 e. The van der Waals surface area contributed by atoms with Crippen LogP contribution >= 0.6 is 12.6 Å². The predicted octanol–water partition coefficient (Wildman–Crippen LogP) is 3.15. The molecule has 78 valence electrons. The summed E-state index contributed by atoms with van der Waals surface area (Å²) in [6.07, 6.45) is 5.80. The van der Waals surface area contributed by atoms with Crippen molar-refractivity contribution in [2.75, 3.05) is 12.4 Å². The van der Waals surface area contributed by atoms with Crippen LogP contribution in [0.3, 0.4) is 0 Å². The fraction of sp³-hybridized carbons (Fsp3) is 1.00. The van der Waals surface area contributed by atoms with Crippen LogP contribution in [0.1, 0.15) is 39.5 Å². The van der Waals surface area contributed by atoms with Crippen LogP contribution < -0.4 is 0 Å². The Morgan fingerprint density at radius 1 is 1.46 bits per heavy atom. The van der Waals surface area contributed by atoms with Crippen molar-refractivity contribution in [3.63, 3.8) is 0 Å². The Morgan fingerprint density at radius 3 is 2.85 bits per heavy atom. The van der Waals surface area contributed by atoms with E-state index >= 15 is 0 Å². The van der Waals surface area contributed by atoms with Crippen LogP contribution in [0.25, 0.3) is 0 Å². The van der Waals surface area contributed by atoms with Gasteiger partial charge in [0.2, 0.25) is 0 Å². The fourth-order valence-corrected chi connectivity index (χ4v) is 1.99. The summed E-state index contributed by atoms with van der Waals surface area (Å²) in [6, 6.07) is 0. The highest BCUT2D eigenvalue weighted by Crippen LogP contribution is 2.25. The van der Waals surface area contributed by atoms with Crippen molar-refractivity contribution in [1.82, 2.24) is 0 Å². The van der Waals surface area contributed by atoms with E-state index in [1.807, 2.05) is 0 Å². The van der Waals surface area contributed by atoms with Gasteiger partial charge in [0.25, 0.3) is 0 Å². The Morgan fingerprint density at radius 2 is 2.23 bits per heavy atom. The molecule has 3 atom stereocenters. The largest absolute Gasteiger partial charge is 0.378 e. The fourth-order valence-electron chi connectivity index (χ4n) is 1.88. The Kier molecular flexibility index (Phi) is 5.18. The molecule has 0 radical (unpaired) electrons. The zero-order valence-corrected chi connectivity index (χ0v) is 9.72. The van der Waals surface area contributed by atoms with Gasteiger partial charge in [-0.15, -0.1) is 0 Å². The van der Waals surface area contributed by atoms with E-state index in [1.54, 1.807) is 0 Å². The van der Waals surface area contributed by atoms with E-state index in [9.17, 15) is 0 Å². The van der Waals surface area contributed by atoms with Gasteiger partial charge in [-0.2, -0.15) is 12.6 Å². The zero-order chi connectivity index (χ0) is 9.68. The summed E-state index contributed by atoms with van der Waals surface area (Å²) in [7, 11) is 0. The minimum Gasteiger partial charge on any atom is -0.378 e. The van der Waals surface area contributed by atoms with Crippen molar-refractivity contribution in [2.24, 2.45) is 11.8 Å². The van der Waals surface area contributed by atoms with E-state index in [-0.39, 0.29) is 0 Å². The molecule has 0 N–H and O–H groups in total. The van der Waals surface area contributed by atoms with Crippen LogP contribution in [0.2, 0.25) is 0 Å². The Balaban J connectivity index is 2.13. The molecule has 1 saturated carbocycles. The van der Waals surface area contributed by atoms with Gasteiger partial charge in [0, 0.05) is 0 Å². The van der Waals surface area contributed by atoms with Gasteiger partial charge in [-0.3, -0.25) is 0 Å². The molecule has 0 aliphatic heterocycles. The Hall–Kier alpha value is 0.310. The lowest BCUT2D eigenvalue weighted by Gasteiger charge is -2.27. The second-order valence-corrected chi connectivity index (χ2v) is 4.88. The molecule has 0 saturated heterocycles. The summed E-state index contributed by atoms with van der Waals surface area (Å²) in [5.41, 5.74) is 0. The summed E-state index contributed by atoms with van der Waals surface area (Å²) in [5, 5.41) is 0. The number of thiol groups is 1. The lowest BCUT2D eigenvalue weighted by Crippen LogP contribution is -2.23. The number of hydrogen-bond donors (Lipinski definition) is 1. The highest BCUT2D eigenvalue weighted by atomic mass is 32.1. The third kappa shape index (κ3) is 4.37. The Labute approximate surface area is 87.7 Å². The third-order valence-corrected chi connectivity index (χ3v) is 3.44. The average Bonchev–Trinajstić information content (AvgIpc) is 2.14. The molecular formula is C11H22OS. The first-order chi connectivity index (χ1) is 6.22. The van der Waals surface area contributed by atoms with Crippen molar-refractivity contribution < 1.29 is 4.74 Å². The van der Waals surface area contributed by atoms with Crippen LogP contribution in [0.15, 0.2) is 0 Å². The first kappa shape index (κ1) is 11.4. The number of rotatable bonds is 4. The maximum absolute atomic E-state index is 5.86. The summed E-state index contributed by atoms with van der Waals surface area (Å²) in [4.78, 5) is 0. The maximum atomic E-state index is 5.86. The molecule has 0 amide bonds. The van der Waals surface area contributed by atoms with Gasteiger partial charge in [-0.1, -0.05) is 26.7 Å². The van der Waals surface area contributed by atoms with E-state index in [0.717, 1.165) is 18.3 Å². The number of ether oxygens (including phenoxy) is 1. The molecule has 13 heavy (non-hydrogen) atoms. The van der Waals surface area contributed by atoms with Gasteiger partial charge in [-0.25, -0.2) is 0 Å². The van der Waals surface area contributed by atoms with Gasteiger partial charge in [0.1, 0.15) is 0 Å². The minimum absolute atomic E-state index is 0.533. The molecule has 0 aromatic carbocycles. The molecule has 0 heterocycles. The molecule has 0 bridgehead atoms. The molecule has 0 aromatic heterocycles. The molecule has 0 spiro atoms. The van der Waals surface area contributed by atoms with Crippen molar-refractivity contribution in [3.8, 4) is 0 Å². The monoisotopic (exact) mass is 202 g/mol. The third-order valence-electron chi connectivity index (χ3n) is 2.82. The van der Waals surface area contributed by atoms with Crippen molar-refractivity contribution in [3.05, 3.63) is 0 Å². The molecule has 1 aliphatic carbocycles. The molecule has 0 aromatic rings. The highest BCUT2D eigenvalue weighted by molar-refractivity contribution is 7.80. The molecule has 3 unspecified atom stereocenters. The predicted molar refractivity (Wildman–Crippen MR) is 60.4 cm³/mol. The summed E-state index contributed by atoms with van der Waals surface area (Å²) in [5.74, 6) is 2.40. The number of hydrogen-bond acceptors (Lipinski definition) is 2. The van der Waals surface area contributed by atoms with Crippen LogP contribution in [0.5, 0.6) is 0 Å². The molecule has 1 nitrogen and oxygen atoms in total. The van der Waals surface area contributed by atoms with E-state index in [2.05, 4.69) is 26.5 Å². The molecule has 1 fully saturated rings. The van der Waals surface area contributed by atoms with Crippen molar-refractivity contribution >= 4 is 12.6 Å². The molecule has 1 rings (SSSR count). The van der Waals surface area contributed by atoms with Crippen LogP contribution in [0, 0.1) is 11.8 Å². The van der Waals surface area contributed by atoms with Gasteiger partial charge in [0.15, 0.2) is 0 Å². The van der Waals surface area contributed by atoms with Crippen molar-refractivity contribution in [2.45, 2.75) is 45.6 Å². The van der Waals surface area contributed by atoms with Crippen molar-refractivity contribution in [1.29, 1.82) is 0 Å². The quantitative estimate of drug-likeness (QED) is 0.689. The molecular weight excluding hydrogens is 180 g/mol. The van der Waals surface area contributed by atoms with Gasteiger partial charge >= 0.3 is 0 Å². The second-order valence-electron chi connectivity index (χ2n) is 4.51.